The lowest BCUT2D eigenvalue weighted by molar-refractivity contribution is -0.114. The molecule has 28 heavy (non-hydrogen) atoms. The summed E-state index contributed by atoms with van der Waals surface area (Å²) in [6, 6.07) is 10.7. The molecule has 3 rings (SSSR count). The minimum absolute atomic E-state index is 0.140. The third kappa shape index (κ3) is 4.95. The van der Waals surface area contributed by atoms with Crippen molar-refractivity contribution in [1.29, 1.82) is 0 Å². The van der Waals surface area contributed by atoms with Crippen molar-refractivity contribution in [2.75, 3.05) is 16.4 Å². The summed E-state index contributed by atoms with van der Waals surface area (Å²) in [6.07, 6.45) is 3.45. The Hall–Kier alpha value is -3.20. The van der Waals surface area contributed by atoms with Crippen LogP contribution < -0.4 is 10.6 Å². The molecule has 8 nitrogen and oxygen atoms in total. The Morgan fingerprint density at radius 2 is 1.79 bits per heavy atom. The number of hydrogen-bond acceptors (Lipinski definition) is 6. The highest BCUT2D eigenvalue weighted by Gasteiger charge is 2.14. The van der Waals surface area contributed by atoms with E-state index < -0.39 is 0 Å². The Morgan fingerprint density at radius 1 is 1.07 bits per heavy atom. The van der Waals surface area contributed by atoms with Gasteiger partial charge in [0, 0.05) is 42.8 Å². The van der Waals surface area contributed by atoms with Crippen LogP contribution in [-0.4, -0.2) is 37.3 Å². The molecule has 0 saturated carbocycles. The van der Waals surface area contributed by atoms with Gasteiger partial charge in [0.05, 0.1) is 5.75 Å². The van der Waals surface area contributed by atoms with Gasteiger partial charge in [0.2, 0.25) is 11.8 Å². The maximum atomic E-state index is 12.3. The van der Waals surface area contributed by atoms with E-state index in [1.54, 1.807) is 36.7 Å². The Morgan fingerprint density at radius 3 is 2.39 bits per heavy atom. The van der Waals surface area contributed by atoms with Gasteiger partial charge in [-0.1, -0.05) is 11.8 Å². The molecule has 0 atom stereocenters. The van der Waals surface area contributed by atoms with Crippen LogP contribution in [0.4, 0.5) is 11.4 Å². The first kappa shape index (κ1) is 19.6. The quantitative estimate of drug-likeness (QED) is 0.595. The molecule has 0 bridgehead atoms. The van der Waals surface area contributed by atoms with Crippen molar-refractivity contribution in [3.05, 3.63) is 48.8 Å². The number of carbonyl (C=O) groups is 2. The van der Waals surface area contributed by atoms with Gasteiger partial charge < -0.3 is 15.2 Å². The zero-order chi connectivity index (χ0) is 19.9. The molecule has 0 spiro atoms. The molecule has 0 aliphatic carbocycles. The van der Waals surface area contributed by atoms with Gasteiger partial charge in [0.25, 0.3) is 0 Å². The van der Waals surface area contributed by atoms with Crippen molar-refractivity contribution in [1.82, 2.24) is 19.7 Å². The summed E-state index contributed by atoms with van der Waals surface area (Å²) in [5, 5.41) is 14.6. The van der Waals surface area contributed by atoms with Crippen LogP contribution in [0.15, 0.2) is 53.9 Å². The third-order valence-electron chi connectivity index (χ3n) is 3.77. The fourth-order valence-electron chi connectivity index (χ4n) is 2.56. The topological polar surface area (TPSA) is 102 Å². The Bertz CT molecular complexity index is 956. The predicted octanol–water partition coefficient (Wildman–Crippen LogP) is 3.05. The Labute approximate surface area is 166 Å². The van der Waals surface area contributed by atoms with Gasteiger partial charge in [0.1, 0.15) is 0 Å². The minimum atomic E-state index is -0.147. The summed E-state index contributed by atoms with van der Waals surface area (Å²) in [7, 11) is 0. The van der Waals surface area contributed by atoms with Gasteiger partial charge in [-0.25, -0.2) is 0 Å². The molecule has 144 valence electrons. The van der Waals surface area contributed by atoms with Crippen LogP contribution in [0.3, 0.4) is 0 Å². The first-order chi connectivity index (χ1) is 13.6. The van der Waals surface area contributed by atoms with E-state index in [0.717, 1.165) is 11.4 Å². The average molecular weight is 396 g/mol. The second-order valence-corrected chi connectivity index (χ2v) is 6.83. The van der Waals surface area contributed by atoms with Crippen LogP contribution in [0.5, 0.6) is 0 Å². The van der Waals surface area contributed by atoms with E-state index in [2.05, 4.69) is 25.8 Å². The molecule has 2 amide bonds. The van der Waals surface area contributed by atoms with E-state index >= 15 is 0 Å². The molecule has 0 aliphatic rings. The Balaban J connectivity index is 1.60. The maximum absolute atomic E-state index is 12.3. The average Bonchev–Trinajstić information content (AvgIpc) is 3.11. The number of rotatable bonds is 7. The number of nitrogens with zero attached hydrogens (tertiary/aromatic N) is 4. The smallest absolute Gasteiger partial charge is 0.234 e. The molecule has 0 fully saturated rings. The number of hydrogen-bond donors (Lipinski definition) is 2. The molecule has 0 saturated heterocycles. The number of thioether (sulfide) groups is 1. The lowest BCUT2D eigenvalue weighted by atomic mass is 10.3. The molecule has 2 heterocycles. The number of aromatic nitrogens is 4. The van der Waals surface area contributed by atoms with E-state index in [4.69, 9.17) is 0 Å². The Kier molecular flexibility index (Phi) is 6.38. The SMILES string of the molecule is CCn1c(SCC(=O)Nc2ccc(NC(C)=O)cc2)nnc1-c1cccnc1. The number of nitrogens with one attached hydrogen (secondary N) is 2. The van der Waals surface area contributed by atoms with Crippen molar-refractivity contribution in [3.8, 4) is 11.4 Å². The second-order valence-electron chi connectivity index (χ2n) is 5.89. The molecule has 2 N–H and O–H groups in total. The fourth-order valence-corrected chi connectivity index (χ4v) is 3.36. The predicted molar refractivity (Wildman–Crippen MR) is 109 cm³/mol. The minimum Gasteiger partial charge on any atom is -0.326 e. The van der Waals surface area contributed by atoms with Crippen LogP contribution in [-0.2, 0) is 16.1 Å². The summed E-state index contributed by atoms with van der Waals surface area (Å²) in [5.41, 5.74) is 2.22. The van der Waals surface area contributed by atoms with Crippen molar-refractivity contribution >= 4 is 35.0 Å². The summed E-state index contributed by atoms with van der Waals surface area (Å²) in [5.74, 6) is 0.648. The molecular weight excluding hydrogens is 376 g/mol. The lowest BCUT2D eigenvalue weighted by Crippen LogP contribution is -2.14. The van der Waals surface area contributed by atoms with Crippen molar-refractivity contribution in [3.63, 3.8) is 0 Å². The number of anilines is 2. The van der Waals surface area contributed by atoms with Gasteiger partial charge in [-0.15, -0.1) is 10.2 Å². The highest BCUT2D eigenvalue weighted by atomic mass is 32.2. The summed E-state index contributed by atoms with van der Waals surface area (Å²) in [6.45, 7) is 4.14. The van der Waals surface area contributed by atoms with E-state index in [1.165, 1.54) is 18.7 Å². The third-order valence-corrected chi connectivity index (χ3v) is 4.74. The van der Waals surface area contributed by atoms with Gasteiger partial charge >= 0.3 is 0 Å². The summed E-state index contributed by atoms with van der Waals surface area (Å²) < 4.78 is 1.96. The molecule has 1 aromatic carbocycles. The fraction of sp³-hybridized carbons (Fsp3) is 0.211. The van der Waals surface area contributed by atoms with Crippen molar-refractivity contribution in [2.45, 2.75) is 25.5 Å². The van der Waals surface area contributed by atoms with Gasteiger partial charge in [-0.3, -0.25) is 14.6 Å². The molecule has 2 aromatic heterocycles. The van der Waals surface area contributed by atoms with Crippen LogP contribution in [0, 0.1) is 0 Å². The second kappa shape index (κ2) is 9.14. The van der Waals surface area contributed by atoms with Crippen LogP contribution in [0.25, 0.3) is 11.4 Å². The van der Waals surface area contributed by atoms with Crippen LogP contribution in [0.1, 0.15) is 13.8 Å². The highest BCUT2D eigenvalue weighted by molar-refractivity contribution is 7.99. The normalized spacial score (nSPS) is 10.5. The van der Waals surface area contributed by atoms with Gasteiger partial charge in [-0.05, 0) is 43.3 Å². The zero-order valence-corrected chi connectivity index (χ0v) is 16.4. The molecule has 9 heteroatoms. The number of amides is 2. The summed E-state index contributed by atoms with van der Waals surface area (Å²) in [4.78, 5) is 27.4. The monoisotopic (exact) mass is 396 g/mol. The molecule has 0 aliphatic heterocycles. The highest BCUT2D eigenvalue weighted by Crippen LogP contribution is 2.23. The van der Waals surface area contributed by atoms with E-state index in [1.807, 2.05) is 23.6 Å². The summed E-state index contributed by atoms with van der Waals surface area (Å²) >= 11 is 1.33. The molecular formula is C19H20N6O2S. The lowest BCUT2D eigenvalue weighted by Gasteiger charge is -2.08. The number of benzene rings is 1. The number of pyridine rings is 1. The van der Waals surface area contributed by atoms with Crippen molar-refractivity contribution in [2.24, 2.45) is 0 Å². The largest absolute Gasteiger partial charge is 0.326 e. The number of carbonyl (C=O) groups excluding carboxylic acids is 2. The first-order valence-corrected chi connectivity index (χ1v) is 9.69. The van der Waals surface area contributed by atoms with Gasteiger partial charge in [-0.2, -0.15) is 0 Å². The molecule has 0 unspecified atom stereocenters. The van der Waals surface area contributed by atoms with E-state index in [9.17, 15) is 9.59 Å². The molecule has 0 radical (unpaired) electrons. The standard InChI is InChI=1S/C19H20N6O2S/c1-3-25-18(14-5-4-10-20-11-14)23-24-19(25)28-12-17(27)22-16-8-6-15(7-9-16)21-13(2)26/h4-11H,3,12H2,1-2H3,(H,21,26)(H,22,27). The van der Waals surface area contributed by atoms with Gasteiger partial charge in [0.15, 0.2) is 11.0 Å². The maximum Gasteiger partial charge on any atom is 0.234 e. The van der Waals surface area contributed by atoms with Crippen LogP contribution in [0.2, 0.25) is 0 Å². The van der Waals surface area contributed by atoms with E-state index in [-0.39, 0.29) is 17.6 Å². The molecule has 3 aromatic rings. The first-order valence-electron chi connectivity index (χ1n) is 8.70. The van der Waals surface area contributed by atoms with Crippen molar-refractivity contribution < 1.29 is 9.59 Å². The van der Waals surface area contributed by atoms with Crippen LogP contribution >= 0.6 is 11.8 Å². The van der Waals surface area contributed by atoms with E-state index in [0.29, 0.717) is 23.1 Å². The zero-order valence-electron chi connectivity index (χ0n) is 15.5.